The Kier molecular flexibility index (Phi) is 4.79. The summed E-state index contributed by atoms with van der Waals surface area (Å²) in [5.74, 6) is 0.0000390. The van der Waals surface area contributed by atoms with Crippen LogP contribution in [0.5, 0.6) is 0 Å². The molecule has 2 aromatic heterocycles. The number of H-pyrrole nitrogens is 2. The molecule has 142 valence electrons. The third-order valence-corrected chi connectivity index (χ3v) is 4.92. The van der Waals surface area contributed by atoms with E-state index in [0.29, 0.717) is 23.0 Å². The van der Waals surface area contributed by atoms with Crippen molar-refractivity contribution in [3.8, 4) is 0 Å². The molecule has 2 heterocycles. The number of hydrogen-bond acceptors (Lipinski definition) is 3. The number of nitrogens with one attached hydrogen (secondary N) is 3. The van der Waals surface area contributed by atoms with Crippen LogP contribution in [0.4, 0.5) is 5.82 Å². The number of fused-ring (bicyclic) bond motifs is 2. The van der Waals surface area contributed by atoms with Gasteiger partial charge in [-0.2, -0.15) is 0 Å². The van der Waals surface area contributed by atoms with Crippen LogP contribution in [0.2, 0.25) is 5.02 Å². The average Bonchev–Trinajstić information content (AvgIpc) is 3.26. The minimum atomic E-state index is -0.296. The Labute approximate surface area is 165 Å². The Morgan fingerprint density at radius 1 is 1.07 bits per heavy atom. The average molecular weight is 396 g/mol. The first kappa shape index (κ1) is 18.1. The van der Waals surface area contributed by atoms with Gasteiger partial charge >= 0.3 is 5.97 Å². The van der Waals surface area contributed by atoms with Gasteiger partial charge in [0.05, 0.1) is 7.11 Å². The zero-order chi connectivity index (χ0) is 19.7. The SMILES string of the molecule is COC(=O)CCc1c(NC(=O)c2cc3cc(Cl)ccc3[nH]2)[nH]c2ccccc12. The van der Waals surface area contributed by atoms with Gasteiger partial charge in [-0.15, -0.1) is 0 Å². The first-order valence-electron chi connectivity index (χ1n) is 8.81. The number of aromatic amines is 2. The number of para-hydroxylation sites is 1. The molecule has 0 aliphatic carbocycles. The minimum Gasteiger partial charge on any atom is -0.469 e. The van der Waals surface area contributed by atoms with Gasteiger partial charge in [0.1, 0.15) is 11.5 Å². The van der Waals surface area contributed by atoms with Crippen molar-refractivity contribution in [2.45, 2.75) is 12.8 Å². The standard InChI is InChI=1S/C21H18ClN3O3/c1-28-19(26)9-7-15-14-4-2-3-5-17(14)24-20(15)25-21(27)18-11-12-10-13(22)6-8-16(12)23-18/h2-6,8,10-11,23-24H,7,9H2,1H3,(H,25,27). The van der Waals surface area contributed by atoms with Gasteiger partial charge in [0.25, 0.3) is 5.91 Å². The van der Waals surface area contributed by atoms with E-state index in [9.17, 15) is 9.59 Å². The van der Waals surface area contributed by atoms with Gasteiger partial charge in [0.2, 0.25) is 0 Å². The van der Waals surface area contributed by atoms with Crippen LogP contribution in [0.25, 0.3) is 21.8 Å². The van der Waals surface area contributed by atoms with Gasteiger partial charge in [0.15, 0.2) is 0 Å². The van der Waals surface area contributed by atoms with Gasteiger partial charge in [-0.25, -0.2) is 0 Å². The lowest BCUT2D eigenvalue weighted by molar-refractivity contribution is -0.140. The molecule has 0 spiro atoms. The van der Waals surface area contributed by atoms with Gasteiger partial charge in [0, 0.05) is 38.8 Å². The second kappa shape index (κ2) is 7.40. The number of esters is 1. The molecule has 0 saturated heterocycles. The second-order valence-electron chi connectivity index (χ2n) is 6.47. The lowest BCUT2D eigenvalue weighted by Gasteiger charge is -2.06. The van der Waals surface area contributed by atoms with E-state index in [1.807, 2.05) is 30.3 Å². The number of methoxy groups -OCH3 is 1. The van der Waals surface area contributed by atoms with E-state index in [4.69, 9.17) is 16.3 Å². The molecule has 0 fully saturated rings. The Balaban J connectivity index is 1.65. The van der Waals surface area contributed by atoms with Gasteiger partial charge in [-0.3, -0.25) is 9.59 Å². The molecule has 4 aromatic rings. The number of hydrogen-bond donors (Lipinski definition) is 3. The van der Waals surface area contributed by atoms with Crippen LogP contribution >= 0.6 is 11.6 Å². The summed E-state index contributed by atoms with van der Waals surface area (Å²) in [7, 11) is 1.36. The summed E-state index contributed by atoms with van der Waals surface area (Å²) in [5, 5.41) is 5.36. The summed E-state index contributed by atoms with van der Waals surface area (Å²) in [5.41, 5.74) is 3.02. The number of carbonyl (C=O) groups is 2. The highest BCUT2D eigenvalue weighted by Crippen LogP contribution is 2.28. The minimum absolute atomic E-state index is 0.228. The Hall–Kier alpha value is -3.25. The molecular weight excluding hydrogens is 378 g/mol. The van der Waals surface area contributed by atoms with Crippen LogP contribution in [0.3, 0.4) is 0 Å². The van der Waals surface area contributed by atoms with E-state index >= 15 is 0 Å². The number of halogens is 1. The normalized spacial score (nSPS) is 11.1. The maximum Gasteiger partial charge on any atom is 0.305 e. The molecule has 0 unspecified atom stereocenters. The molecular formula is C21H18ClN3O3. The molecule has 0 aliphatic rings. The van der Waals surface area contributed by atoms with Crippen molar-refractivity contribution >= 4 is 51.1 Å². The van der Waals surface area contributed by atoms with Crippen LogP contribution in [0.1, 0.15) is 22.5 Å². The zero-order valence-electron chi connectivity index (χ0n) is 15.1. The van der Waals surface area contributed by atoms with Crippen molar-refractivity contribution in [2.24, 2.45) is 0 Å². The van der Waals surface area contributed by atoms with Crippen molar-refractivity contribution in [1.82, 2.24) is 9.97 Å². The van der Waals surface area contributed by atoms with Crippen LogP contribution in [0.15, 0.2) is 48.5 Å². The molecule has 1 amide bonds. The van der Waals surface area contributed by atoms with Crippen molar-refractivity contribution < 1.29 is 14.3 Å². The number of aromatic nitrogens is 2. The number of carbonyl (C=O) groups excluding carboxylic acids is 2. The van der Waals surface area contributed by atoms with Crippen LogP contribution in [-0.2, 0) is 16.0 Å². The first-order chi connectivity index (χ1) is 13.5. The smallest absolute Gasteiger partial charge is 0.305 e. The highest BCUT2D eigenvalue weighted by molar-refractivity contribution is 6.31. The Bertz CT molecular complexity index is 1190. The van der Waals surface area contributed by atoms with E-state index in [2.05, 4.69) is 15.3 Å². The zero-order valence-corrected chi connectivity index (χ0v) is 15.9. The Morgan fingerprint density at radius 3 is 2.71 bits per heavy atom. The summed E-state index contributed by atoms with van der Waals surface area (Å²) in [6.07, 6.45) is 0.681. The number of aryl methyl sites for hydroxylation is 1. The molecule has 0 atom stereocenters. The fourth-order valence-electron chi connectivity index (χ4n) is 3.30. The molecule has 0 bridgehead atoms. The van der Waals surface area contributed by atoms with E-state index in [0.717, 1.165) is 27.4 Å². The number of rotatable bonds is 5. The first-order valence-corrected chi connectivity index (χ1v) is 9.19. The summed E-state index contributed by atoms with van der Waals surface area (Å²) in [6.45, 7) is 0. The van der Waals surface area contributed by atoms with Crippen LogP contribution in [0, 0.1) is 0 Å². The monoisotopic (exact) mass is 395 g/mol. The Morgan fingerprint density at radius 2 is 1.89 bits per heavy atom. The van der Waals surface area contributed by atoms with Crippen molar-refractivity contribution in [3.05, 3.63) is 64.8 Å². The van der Waals surface area contributed by atoms with E-state index in [1.54, 1.807) is 18.2 Å². The quantitative estimate of drug-likeness (QED) is 0.429. The highest BCUT2D eigenvalue weighted by atomic mass is 35.5. The molecule has 2 aromatic carbocycles. The topological polar surface area (TPSA) is 87.0 Å². The summed E-state index contributed by atoms with van der Waals surface area (Å²) >= 11 is 6.02. The molecule has 0 saturated carbocycles. The predicted octanol–water partition coefficient (Wildman–Crippen LogP) is 4.66. The van der Waals surface area contributed by atoms with Crippen molar-refractivity contribution in [2.75, 3.05) is 12.4 Å². The molecule has 3 N–H and O–H groups in total. The van der Waals surface area contributed by atoms with Gasteiger partial charge < -0.3 is 20.0 Å². The lowest BCUT2D eigenvalue weighted by atomic mass is 10.1. The molecule has 0 radical (unpaired) electrons. The number of anilines is 1. The van der Waals surface area contributed by atoms with E-state index in [-0.39, 0.29) is 18.3 Å². The molecule has 28 heavy (non-hydrogen) atoms. The molecule has 7 heteroatoms. The van der Waals surface area contributed by atoms with E-state index < -0.39 is 0 Å². The second-order valence-corrected chi connectivity index (χ2v) is 6.91. The lowest BCUT2D eigenvalue weighted by Crippen LogP contribution is -2.14. The third kappa shape index (κ3) is 3.46. The molecule has 0 aliphatic heterocycles. The summed E-state index contributed by atoms with van der Waals surface area (Å²) in [6, 6.07) is 14.9. The van der Waals surface area contributed by atoms with Gasteiger partial charge in [-0.05, 0) is 36.8 Å². The summed E-state index contributed by atoms with van der Waals surface area (Å²) in [4.78, 5) is 30.7. The predicted molar refractivity (Wildman–Crippen MR) is 110 cm³/mol. The fourth-order valence-corrected chi connectivity index (χ4v) is 3.48. The maximum absolute atomic E-state index is 12.8. The van der Waals surface area contributed by atoms with E-state index in [1.165, 1.54) is 7.11 Å². The van der Waals surface area contributed by atoms with Crippen LogP contribution in [-0.4, -0.2) is 29.0 Å². The van der Waals surface area contributed by atoms with Crippen molar-refractivity contribution in [3.63, 3.8) is 0 Å². The fraction of sp³-hybridized carbons (Fsp3) is 0.143. The van der Waals surface area contributed by atoms with Crippen LogP contribution < -0.4 is 5.32 Å². The van der Waals surface area contributed by atoms with Crippen molar-refractivity contribution in [1.29, 1.82) is 0 Å². The third-order valence-electron chi connectivity index (χ3n) is 4.69. The number of ether oxygens (including phenoxy) is 1. The molecule has 6 nitrogen and oxygen atoms in total. The number of benzene rings is 2. The summed E-state index contributed by atoms with van der Waals surface area (Å²) < 4.78 is 4.74. The largest absolute Gasteiger partial charge is 0.469 e. The number of amides is 1. The van der Waals surface area contributed by atoms with Gasteiger partial charge in [-0.1, -0.05) is 29.8 Å². The highest BCUT2D eigenvalue weighted by Gasteiger charge is 2.17. The maximum atomic E-state index is 12.8. The molecule has 4 rings (SSSR count).